The van der Waals surface area contributed by atoms with Crippen LogP contribution in [-0.2, 0) is 24.0 Å². The minimum Gasteiger partial charge on any atom is -0.480 e. The van der Waals surface area contributed by atoms with Gasteiger partial charge >= 0.3 is 5.97 Å². The van der Waals surface area contributed by atoms with Crippen molar-refractivity contribution in [3.05, 3.63) is 0 Å². The predicted molar refractivity (Wildman–Crippen MR) is 128 cm³/mol. The molecule has 0 radical (unpaired) electrons. The number of carbonyl (C=O) groups excluding carboxylic acids is 4. The second-order valence-corrected chi connectivity index (χ2v) is 8.53. The molecule has 15 heteroatoms. The molecule has 0 bridgehead atoms. The van der Waals surface area contributed by atoms with E-state index in [-0.39, 0.29) is 38.2 Å². The van der Waals surface area contributed by atoms with Crippen molar-refractivity contribution in [2.75, 3.05) is 18.6 Å². The summed E-state index contributed by atoms with van der Waals surface area (Å²) in [5.74, 6) is -3.62. The lowest BCUT2D eigenvalue weighted by atomic mass is 10.1. The topological polar surface area (TPSA) is 258 Å². The number of aliphatic imine (C=N–C) groups is 1. The maximum absolute atomic E-state index is 12.8. The van der Waals surface area contributed by atoms with Crippen LogP contribution in [0.15, 0.2) is 4.99 Å². The molecule has 0 saturated heterocycles. The number of amides is 4. The van der Waals surface area contributed by atoms with Gasteiger partial charge in [0.05, 0.1) is 6.04 Å². The number of nitrogens with two attached hydrogens (primary N) is 4. The highest BCUT2D eigenvalue weighted by Gasteiger charge is 2.29. The molecule has 34 heavy (non-hydrogen) atoms. The average molecular weight is 505 g/mol. The molecule has 4 unspecified atom stereocenters. The minimum absolute atomic E-state index is 0.0622. The Morgan fingerprint density at radius 2 is 1.41 bits per heavy atom. The van der Waals surface area contributed by atoms with E-state index in [1.165, 1.54) is 18.7 Å². The van der Waals surface area contributed by atoms with Gasteiger partial charge in [-0.1, -0.05) is 0 Å². The van der Waals surface area contributed by atoms with E-state index in [4.69, 9.17) is 22.9 Å². The zero-order valence-electron chi connectivity index (χ0n) is 19.4. The van der Waals surface area contributed by atoms with Crippen LogP contribution in [0.4, 0.5) is 0 Å². The van der Waals surface area contributed by atoms with Crippen LogP contribution in [-0.4, -0.2) is 83.4 Å². The lowest BCUT2D eigenvalue weighted by molar-refractivity contribution is -0.142. The van der Waals surface area contributed by atoms with Crippen molar-refractivity contribution in [3.8, 4) is 0 Å². The number of nitrogens with zero attached hydrogens (tertiary/aromatic N) is 1. The molecule has 0 saturated carbocycles. The van der Waals surface area contributed by atoms with Crippen LogP contribution in [0.25, 0.3) is 0 Å². The summed E-state index contributed by atoms with van der Waals surface area (Å²) in [6.45, 7) is 1.61. The van der Waals surface area contributed by atoms with Crippen molar-refractivity contribution in [2.45, 2.75) is 63.2 Å². The SMILES string of the molecule is CSCCC(NC(=O)C(CCC(N)=O)NC(=O)C(C)N)C(=O)NC(CCCN=C(N)N)C(=O)O. The summed E-state index contributed by atoms with van der Waals surface area (Å²) in [6, 6.07) is -4.37. The van der Waals surface area contributed by atoms with Crippen LogP contribution in [0.5, 0.6) is 0 Å². The standard InChI is InChI=1S/C19H36N8O6S/c1-10(20)15(29)25-11(5-6-14(21)28)16(30)26-12(7-9-34-2)17(31)27-13(18(32)33)4-3-8-24-19(22)23/h10-13H,3-9,20H2,1-2H3,(H2,21,28)(H,25,29)(H,26,30)(H,27,31)(H,32,33)(H4,22,23,24). The number of nitrogens with one attached hydrogen (secondary N) is 3. The molecule has 12 N–H and O–H groups in total. The summed E-state index contributed by atoms with van der Waals surface area (Å²) in [5, 5.41) is 16.8. The number of hydrogen-bond acceptors (Lipinski definition) is 8. The molecule has 194 valence electrons. The fourth-order valence-corrected chi connectivity index (χ4v) is 3.14. The fraction of sp³-hybridized carbons (Fsp3) is 0.684. The van der Waals surface area contributed by atoms with Crippen molar-refractivity contribution in [3.63, 3.8) is 0 Å². The molecule has 0 aromatic carbocycles. The molecule has 0 aromatic rings. The first-order chi connectivity index (χ1) is 15.9. The Balaban J connectivity index is 5.37. The van der Waals surface area contributed by atoms with Crippen LogP contribution >= 0.6 is 11.8 Å². The Morgan fingerprint density at radius 1 is 0.882 bits per heavy atom. The fourth-order valence-electron chi connectivity index (χ4n) is 2.67. The van der Waals surface area contributed by atoms with Gasteiger partial charge in [-0.2, -0.15) is 11.8 Å². The third kappa shape index (κ3) is 13.5. The van der Waals surface area contributed by atoms with E-state index in [0.717, 1.165) is 0 Å². The first kappa shape index (κ1) is 30.9. The van der Waals surface area contributed by atoms with Gasteiger partial charge in [-0.3, -0.25) is 24.2 Å². The summed E-state index contributed by atoms with van der Waals surface area (Å²) >= 11 is 1.42. The maximum Gasteiger partial charge on any atom is 0.326 e. The van der Waals surface area contributed by atoms with Crippen LogP contribution in [0.1, 0.15) is 39.0 Å². The highest BCUT2D eigenvalue weighted by molar-refractivity contribution is 7.98. The van der Waals surface area contributed by atoms with Gasteiger partial charge in [-0.15, -0.1) is 0 Å². The van der Waals surface area contributed by atoms with Gasteiger partial charge in [0.25, 0.3) is 0 Å². The Bertz CT molecular complexity index is 744. The number of guanidine groups is 1. The number of carbonyl (C=O) groups is 5. The number of thioether (sulfide) groups is 1. The molecule has 0 aliphatic carbocycles. The molecule has 4 atom stereocenters. The van der Waals surface area contributed by atoms with Crippen molar-refractivity contribution >= 4 is 47.3 Å². The van der Waals surface area contributed by atoms with E-state index in [1.54, 1.807) is 6.26 Å². The molecule has 0 aliphatic rings. The zero-order valence-corrected chi connectivity index (χ0v) is 20.2. The van der Waals surface area contributed by atoms with E-state index in [2.05, 4.69) is 20.9 Å². The van der Waals surface area contributed by atoms with Crippen LogP contribution < -0.4 is 38.9 Å². The summed E-state index contributed by atoms with van der Waals surface area (Å²) in [5.41, 5.74) is 21.1. The summed E-state index contributed by atoms with van der Waals surface area (Å²) in [7, 11) is 0. The second-order valence-electron chi connectivity index (χ2n) is 7.55. The van der Waals surface area contributed by atoms with Crippen molar-refractivity contribution in [1.29, 1.82) is 0 Å². The Morgan fingerprint density at radius 3 is 1.88 bits per heavy atom. The summed E-state index contributed by atoms with van der Waals surface area (Å²) in [4.78, 5) is 64.1. The minimum atomic E-state index is -1.25. The number of hydrogen-bond donors (Lipinski definition) is 8. The molecular formula is C19H36N8O6S. The van der Waals surface area contributed by atoms with E-state index in [0.29, 0.717) is 12.2 Å². The highest BCUT2D eigenvalue weighted by atomic mass is 32.2. The van der Waals surface area contributed by atoms with Crippen LogP contribution in [0, 0.1) is 0 Å². The number of rotatable bonds is 17. The molecule has 0 aromatic heterocycles. The van der Waals surface area contributed by atoms with Crippen LogP contribution in [0.2, 0.25) is 0 Å². The number of primary amides is 1. The third-order valence-corrected chi connectivity index (χ3v) is 5.17. The number of aliphatic carboxylic acids is 1. The molecule has 0 heterocycles. The van der Waals surface area contributed by atoms with Crippen molar-refractivity contribution < 1.29 is 29.1 Å². The van der Waals surface area contributed by atoms with Gasteiger partial charge in [-0.05, 0) is 44.6 Å². The van der Waals surface area contributed by atoms with E-state index >= 15 is 0 Å². The largest absolute Gasteiger partial charge is 0.480 e. The molecule has 0 rings (SSSR count). The molecule has 0 spiro atoms. The number of carboxylic acids is 1. The lowest BCUT2D eigenvalue weighted by Crippen LogP contribution is -2.57. The zero-order chi connectivity index (χ0) is 26.3. The van der Waals surface area contributed by atoms with E-state index in [9.17, 15) is 29.1 Å². The third-order valence-electron chi connectivity index (χ3n) is 4.53. The van der Waals surface area contributed by atoms with Gasteiger partial charge in [0.15, 0.2) is 5.96 Å². The quantitative estimate of drug-likeness (QED) is 0.0563. The van der Waals surface area contributed by atoms with Gasteiger partial charge in [-0.25, -0.2) is 4.79 Å². The highest BCUT2D eigenvalue weighted by Crippen LogP contribution is 2.06. The smallest absolute Gasteiger partial charge is 0.326 e. The van der Waals surface area contributed by atoms with E-state index < -0.39 is 53.8 Å². The number of carboxylic acid groups (broad SMARTS) is 1. The first-order valence-corrected chi connectivity index (χ1v) is 12.0. The van der Waals surface area contributed by atoms with Crippen LogP contribution in [0.3, 0.4) is 0 Å². The Hall–Kier alpha value is -3.07. The summed E-state index contributed by atoms with van der Waals surface area (Å²) < 4.78 is 0. The monoisotopic (exact) mass is 504 g/mol. The van der Waals surface area contributed by atoms with Crippen molar-refractivity contribution in [2.24, 2.45) is 27.9 Å². The lowest BCUT2D eigenvalue weighted by Gasteiger charge is -2.24. The second kappa shape index (κ2) is 16.5. The summed E-state index contributed by atoms with van der Waals surface area (Å²) in [6.07, 6.45) is 2.08. The molecular weight excluding hydrogens is 468 g/mol. The Labute approximate surface area is 202 Å². The maximum atomic E-state index is 12.8. The molecule has 14 nitrogen and oxygen atoms in total. The first-order valence-electron chi connectivity index (χ1n) is 10.6. The van der Waals surface area contributed by atoms with Crippen molar-refractivity contribution in [1.82, 2.24) is 16.0 Å². The molecule has 0 fully saturated rings. The van der Waals surface area contributed by atoms with Gasteiger partial charge in [0, 0.05) is 13.0 Å². The normalized spacial score (nSPS) is 14.1. The van der Waals surface area contributed by atoms with E-state index in [1.807, 2.05) is 0 Å². The van der Waals surface area contributed by atoms with Gasteiger partial charge in [0.2, 0.25) is 23.6 Å². The van der Waals surface area contributed by atoms with Gasteiger partial charge in [0.1, 0.15) is 18.1 Å². The predicted octanol–water partition coefficient (Wildman–Crippen LogP) is -3.06. The molecule has 4 amide bonds. The molecule has 0 aliphatic heterocycles. The van der Waals surface area contributed by atoms with Gasteiger partial charge < -0.3 is 44.0 Å². The Kier molecular flexibility index (Phi) is 15.0. The average Bonchev–Trinajstić information content (AvgIpc) is 2.74.